The molecule has 2 aromatic heterocycles. The average Bonchev–Trinajstić information content (AvgIpc) is 3.31. The fourth-order valence-corrected chi connectivity index (χ4v) is 3.47. The Morgan fingerprint density at radius 2 is 1.74 bits per heavy atom. The first-order chi connectivity index (χ1) is 17.1. The van der Waals surface area contributed by atoms with E-state index in [2.05, 4.69) is 20.6 Å². The summed E-state index contributed by atoms with van der Waals surface area (Å²) in [5, 5.41) is 15.8. The van der Waals surface area contributed by atoms with Gasteiger partial charge in [0.2, 0.25) is 11.8 Å². The quantitative estimate of drug-likeness (QED) is 0.329. The molecule has 2 aromatic carbocycles. The van der Waals surface area contributed by atoms with Crippen molar-refractivity contribution in [2.45, 2.75) is 13.3 Å². The third-order valence-corrected chi connectivity index (χ3v) is 5.15. The monoisotopic (exact) mass is 477 g/mol. The molecule has 0 saturated heterocycles. The molecule has 0 radical (unpaired) electrons. The molecule has 0 atom stereocenters. The van der Waals surface area contributed by atoms with Crippen LogP contribution in [0.15, 0.2) is 54.6 Å². The van der Waals surface area contributed by atoms with Crippen LogP contribution >= 0.6 is 0 Å². The fraction of sp³-hybridized carbons (Fsp3) is 0.280. The number of amides is 1. The molecule has 2 heterocycles. The first-order valence-electron chi connectivity index (χ1n) is 11.2. The molecule has 10 nitrogen and oxygen atoms in total. The standard InChI is InChI=1S/C25H27N5O5/c1-4-34-19-8-5-17(6-9-19)15-23(31)26-13-14-35-24-12-11-22-27-28-25(30(22)29-24)18-7-10-20(32-2)21(16-18)33-3/h5-12,16H,4,13-15H2,1-3H3,(H,26,31). The summed E-state index contributed by atoms with van der Waals surface area (Å²) in [4.78, 5) is 12.2. The summed E-state index contributed by atoms with van der Waals surface area (Å²) < 4.78 is 23.4. The number of carbonyl (C=O) groups excluding carboxylic acids is 1. The zero-order valence-electron chi connectivity index (χ0n) is 19.9. The van der Waals surface area contributed by atoms with Crippen molar-refractivity contribution in [2.75, 3.05) is 34.0 Å². The highest BCUT2D eigenvalue weighted by atomic mass is 16.5. The first kappa shape index (κ1) is 23.8. The Balaban J connectivity index is 1.34. The van der Waals surface area contributed by atoms with Crippen LogP contribution in [0.1, 0.15) is 12.5 Å². The summed E-state index contributed by atoms with van der Waals surface area (Å²) in [6.07, 6.45) is 0.284. The predicted molar refractivity (Wildman–Crippen MR) is 129 cm³/mol. The van der Waals surface area contributed by atoms with Gasteiger partial charge in [-0.25, -0.2) is 0 Å². The Bertz CT molecular complexity index is 1290. The van der Waals surface area contributed by atoms with Crippen molar-refractivity contribution in [2.24, 2.45) is 0 Å². The second-order valence-electron chi connectivity index (χ2n) is 7.49. The zero-order valence-corrected chi connectivity index (χ0v) is 19.9. The van der Waals surface area contributed by atoms with Crippen molar-refractivity contribution in [3.8, 4) is 34.5 Å². The van der Waals surface area contributed by atoms with E-state index < -0.39 is 0 Å². The molecule has 0 bridgehead atoms. The van der Waals surface area contributed by atoms with Crippen molar-refractivity contribution in [3.63, 3.8) is 0 Å². The Morgan fingerprint density at radius 3 is 2.49 bits per heavy atom. The second kappa shape index (κ2) is 11.2. The largest absolute Gasteiger partial charge is 0.494 e. The second-order valence-corrected chi connectivity index (χ2v) is 7.49. The van der Waals surface area contributed by atoms with Gasteiger partial charge in [-0.05, 0) is 48.9 Å². The van der Waals surface area contributed by atoms with E-state index >= 15 is 0 Å². The van der Waals surface area contributed by atoms with Crippen LogP contribution in [-0.4, -0.2) is 59.7 Å². The molecule has 0 unspecified atom stereocenters. The number of rotatable bonds is 11. The predicted octanol–water partition coefficient (Wildman–Crippen LogP) is 2.94. The molecule has 0 spiro atoms. The van der Waals surface area contributed by atoms with Gasteiger partial charge in [-0.15, -0.1) is 15.3 Å². The third kappa shape index (κ3) is 5.78. The SMILES string of the molecule is CCOc1ccc(CC(=O)NCCOc2ccc3nnc(-c4ccc(OC)c(OC)c4)n3n2)cc1. The van der Waals surface area contributed by atoms with Gasteiger partial charge in [0.15, 0.2) is 23.0 Å². The number of ether oxygens (including phenoxy) is 4. The maximum atomic E-state index is 12.2. The molecular formula is C25H27N5O5. The van der Waals surface area contributed by atoms with Crippen LogP contribution in [0.5, 0.6) is 23.1 Å². The minimum atomic E-state index is -0.0873. The van der Waals surface area contributed by atoms with Gasteiger partial charge in [0.1, 0.15) is 12.4 Å². The number of nitrogens with zero attached hydrogens (tertiary/aromatic N) is 4. The fourth-order valence-electron chi connectivity index (χ4n) is 3.47. The topological polar surface area (TPSA) is 109 Å². The lowest BCUT2D eigenvalue weighted by atomic mass is 10.1. The average molecular weight is 478 g/mol. The number of hydrogen-bond acceptors (Lipinski definition) is 8. The smallest absolute Gasteiger partial charge is 0.231 e. The van der Waals surface area contributed by atoms with Gasteiger partial charge in [-0.1, -0.05) is 12.1 Å². The van der Waals surface area contributed by atoms with Gasteiger partial charge in [-0.3, -0.25) is 4.79 Å². The summed E-state index contributed by atoms with van der Waals surface area (Å²) in [6.45, 7) is 3.15. The van der Waals surface area contributed by atoms with Gasteiger partial charge in [0, 0.05) is 11.6 Å². The van der Waals surface area contributed by atoms with Gasteiger partial charge >= 0.3 is 0 Å². The lowest BCUT2D eigenvalue weighted by Gasteiger charge is -2.09. The number of carbonyl (C=O) groups is 1. The molecule has 0 aliphatic heterocycles. The number of methoxy groups -OCH3 is 2. The molecule has 4 rings (SSSR count). The highest BCUT2D eigenvalue weighted by molar-refractivity contribution is 5.78. The molecule has 0 saturated carbocycles. The van der Waals surface area contributed by atoms with Crippen LogP contribution in [0, 0.1) is 0 Å². The molecule has 35 heavy (non-hydrogen) atoms. The lowest BCUT2D eigenvalue weighted by molar-refractivity contribution is -0.120. The normalized spacial score (nSPS) is 10.7. The molecule has 10 heteroatoms. The molecule has 1 N–H and O–H groups in total. The van der Waals surface area contributed by atoms with E-state index in [4.69, 9.17) is 18.9 Å². The first-order valence-corrected chi connectivity index (χ1v) is 11.2. The highest BCUT2D eigenvalue weighted by Gasteiger charge is 2.14. The van der Waals surface area contributed by atoms with Crippen molar-refractivity contribution >= 4 is 11.6 Å². The van der Waals surface area contributed by atoms with E-state index in [1.54, 1.807) is 36.9 Å². The molecule has 0 fully saturated rings. The highest BCUT2D eigenvalue weighted by Crippen LogP contribution is 2.31. The number of hydrogen-bond donors (Lipinski definition) is 1. The van der Waals surface area contributed by atoms with E-state index in [9.17, 15) is 4.79 Å². The molecule has 1 amide bonds. The van der Waals surface area contributed by atoms with E-state index in [0.29, 0.717) is 42.0 Å². The van der Waals surface area contributed by atoms with Gasteiger partial charge in [-0.2, -0.15) is 4.52 Å². The van der Waals surface area contributed by atoms with Crippen LogP contribution in [0.25, 0.3) is 17.0 Å². The van der Waals surface area contributed by atoms with Crippen LogP contribution in [0.2, 0.25) is 0 Å². The van der Waals surface area contributed by atoms with Gasteiger partial charge in [0.05, 0.1) is 33.8 Å². The molecule has 182 valence electrons. The molecule has 0 aliphatic rings. The van der Waals surface area contributed by atoms with Crippen molar-refractivity contribution in [1.29, 1.82) is 0 Å². The van der Waals surface area contributed by atoms with E-state index in [1.807, 2.05) is 43.3 Å². The summed E-state index contributed by atoms with van der Waals surface area (Å²) in [5.41, 5.74) is 2.25. The van der Waals surface area contributed by atoms with Crippen LogP contribution in [0.3, 0.4) is 0 Å². The number of nitrogens with one attached hydrogen (secondary N) is 1. The van der Waals surface area contributed by atoms with Gasteiger partial charge < -0.3 is 24.3 Å². The zero-order chi connectivity index (χ0) is 24.6. The number of fused-ring (bicyclic) bond motifs is 1. The Labute approximate surface area is 202 Å². The Kier molecular flexibility index (Phi) is 7.61. The van der Waals surface area contributed by atoms with Crippen LogP contribution in [-0.2, 0) is 11.2 Å². The Hall–Kier alpha value is -4.34. The lowest BCUT2D eigenvalue weighted by Crippen LogP contribution is -2.29. The van der Waals surface area contributed by atoms with Gasteiger partial charge in [0.25, 0.3) is 0 Å². The minimum Gasteiger partial charge on any atom is -0.494 e. The molecule has 4 aromatic rings. The molecule has 0 aliphatic carbocycles. The summed E-state index contributed by atoms with van der Waals surface area (Å²) >= 11 is 0. The maximum absolute atomic E-state index is 12.2. The van der Waals surface area contributed by atoms with Crippen molar-refractivity contribution < 1.29 is 23.7 Å². The number of benzene rings is 2. The summed E-state index contributed by atoms with van der Waals surface area (Å²) in [5.74, 6) is 2.82. The maximum Gasteiger partial charge on any atom is 0.231 e. The minimum absolute atomic E-state index is 0.0873. The van der Waals surface area contributed by atoms with Crippen LogP contribution < -0.4 is 24.3 Å². The number of aromatic nitrogens is 4. The van der Waals surface area contributed by atoms with Crippen molar-refractivity contribution in [1.82, 2.24) is 25.1 Å². The van der Waals surface area contributed by atoms with E-state index in [0.717, 1.165) is 16.9 Å². The third-order valence-electron chi connectivity index (χ3n) is 5.15. The van der Waals surface area contributed by atoms with E-state index in [1.165, 1.54) is 0 Å². The summed E-state index contributed by atoms with van der Waals surface area (Å²) in [7, 11) is 3.16. The van der Waals surface area contributed by atoms with E-state index in [-0.39, 0.29) is 18.9 Å². The van der Waals surface area contributed by atoms with Crippen LogP contribution in [0.4, 0.5) is 0 Å². The molecular weight excluding hydrogens is 450 g/mol. The van der Waals surface area contributed by atoms with Crippen molar-refractivity contribution in [3.05, 3.63) is 60.2 Å². The summed E-state index contributed by atoms with van der Waals surface area (Å²) in [6, 6.07) is 16.4. The Morgan fingerprint density at radius 1 is 0.943 bits per heavy atom.